The van der Waals surface area contributed by atoms with Crippen LogP contribution in [0.5, 0.6) is 0 Å². The van der Waals surface area contributed by atoms with Gasteiger partial charge in [-0.25, -0.2) is 0 Å². The molecular weight excluding hydrogens is 196 g/mol. The number of hydrogen-bond donors (Lipinski definition) is 1. The van der Waals surface area contributed by atoms with Gasteiger partial charge in [0, 0.05) is 4.90 Å². The van der Waals surface area contributed by atoms with Gasteiger partial charge in [-0.05, 0) is 30.2 Å². The predicted octanol–water partition coefficient (Wildman–Crippen LogP) is 2.74. The van der Waals surface area contributed by atoms with Gasteiger partial charge >= 0.3 is 5.97 Å². The number of benzene rings is 1. The Morgan fingerprint density at radius 3 is 3.00 bits per heavy atom. The molecule has 2 rings (SSSR count). The van der Waals surface area contributed by atoms with Crippen molar-refractivity contribution in [1.82, 2.24) is 0 Å². The summed E-state index contributed by atoms with van der Waals surface area (Å²) in [5, 5.41) is 9.10. The summed E-state index contributed by atoms with van der Waals surface area (Å²) in [5.41, 5.74) is 0.988. The number of thioether (sulfide) groups is 1. The van der Waals surface area contributed by atoms with E-state index >= 15 is 0 Å². The predicted molar refractivity (Wildman–Crippen MR) is 56.8 cm³/mol. The molecule has 0 saturated heterocycles. The van der Waals surface area contributed by atoms with Gasteiger partial charge in [-0.15, -0.1) is 11.8 Å². The Bertz CT molecular complexity index is 349. The Balaban J connectivity index is 2.42. The third kappa shape index (κ3) is 1.77. The number of rotatable bonds is 1. The van der Waals surface area contributed by atoms with Crippen LogP contribution in [0.2, 0.25) is 0 Å². The normalized spacial score (nSPS) is 21.0. The Kier molecular flexibility index (Phi) is 2.77. The van der Waals surface area contributed by atoms with Crippen LogP contribution in [0.4, 0.5) is 0 Å². The first-order valence-corrected chi connectivity index (χ1v) is 5.72. The Morgan fingerprint density at radius 2 is 2.21 bits per heavy atom. The molecule has 2 nitrogen and oxygen atoms in total. The lowest BCUT2D eigenvalue weighted by molar-refractivity contribution is -0.139. The number of carboxylic acids is 1. The summed E-state index contributed by atoms with van der Waals surface area (Å²) >= 11 is 1.77. The number of hydrogen-bond acceptors (Lipinski definition) is 2. The van der Waals surface area contributed by atoms with Crippen molar-refractivity contribution in [2.45, 2.75) is 23.7 Å². The van der Waals surface area contributed by atoms with Gasteiger partial charge in [0.15, 0.2) is 0 Å². The van der Waals surface area contributed by atoms with Crippen LogP contribution in [0.25, 0.3) is 0 Å². The van der Waals surface area contributed by atoms with Crippen molar-refractivity contribution >= 4 is 17.7 Å². The third-order valence-corrected chi connectivity index (χ3v) is 3.66. The van der Waals surface area contributed by atoms with Gasteiger partial charge in [0.05, 0.1) is 5.92 Å². The SMILES string of the molecule is O=C(O)C1CCCSc2ccccc21. The van der Waals surface area contributed by atoms with Gasteiger partial charge in [-0.2, -0.15) is 0 Å². The second-order valence-corrected chi connectivity index (χ2v) is 4.56. The molecule has 1 heterocycles. The van der Waals surface area contributed by atoms with E-state index in [1.54, 1.807) is 11.8 Å². The first-order valence-electron chi connectivity index (χ1n) is 4.73. The summed E-state index contributed by atoms with van der Waals surface area (Å²) in [5.74, 6) is 0.0296. The molecule has 0 aliphatic carbocycles. The number of carbonyl (C=O) groups is 1. The molecule has 1 N–H and O–H groups in total. The lowest BCUT2D eigenvalue weighted by Gasteiger charge is -2.11. The zero-order valence-corrected chi connectivity index (χ0v) is 8.59. The molecule has 0 aromatic heterocycles. The van der Waals surface area contributed by atoms with Crippen molar-refractivity contribution in [2.75, 3.05) is 5.75 Å². The molecule has 0 spiro atoms. The molecule has 0 amide bonds. The number of carboxylic acid groups (broad SMARTS) is 1. The Hall–Kier alpha value is -0.960. The number of fused-ring (bicyclic) bond motifs is 1. The molecule has 1 aliphatic heterocycles. The molecule has 74 valence electrons. The van der Waals surface area contributed by atoms with Crippen LogP contribution >= 0.6 is 11.8 Å². The fourth-order valence-corrected chi connectivity index (χ4v) is 2.86. The van der Waals surface area contributed by atoms with Crippen LogP contribution in [0, 0.1) is 0 Å². The first-order chi connectivity index (χ1) is 6.79. The summed E-state index contributed by atoms with van der Waals surface area (Å²) in [7, 11) is 0. The molecule has 1 aromatic carbocycles. The minimum atomic E-state index is -0.694. The molecule has 1 unspecified atom stereocenters. The summed E-state index contributed by atoms with van der Waals surface area (Å²) in [6.45, 7) is 0. The van der Waals surface area contributed by atoms with Gasteiger partial charge < -0.3 is 5.11 Å². The summed E-state index contributed by atoms with van der Waals surface area (Å²) < 4.78 is 0. The van der Waals surface area contributed by atoms with Gasteiger partial charge in [0.2, 0.25) is 0 Å². The van der Waals surface area contributed by atoms with E-state index in [0.29, 0.717) is 0 Å². The van der Waals surface area contributed by atoms with Gasteiger partial charge in [0.1, 0.15) is 0 Å². The molecule has 0 radical (unpaired) electrons. The molecule has 0 bridgehead atoms. The first kappa shape index (κ1) is 9.59. The molecule has 1 aliphatic rings. The van der Waals surface area contributed by atoms with Crippen molar-refractivity contribution in [1.29, 1.82) is 0 Å². The maximum atomic E-state index is 11.1. The summed E-state index contributed by atoms with van der Waals surface area (Å²) in [4.78, 5) is 12.2. The fourth-order valence-electron chi connectivity index (χ4n) is 1.78. The van der Waals surface area contributed by atoms with E-state index in [-0.39, 0.29) is 5.92 Å². The highest BCUT2D eigenvalue weighted by molar-refractivity contribution is 7.99. The van der Waals surface area contributed by atoms with Crippen LogP contribution < -0.4 is 0 Å². The lowest BCUT2D eigenvalue weighted by atomic mass is 9.95. The van der Waals surface area contributed by atoms with E-state index in [4.69, 9.17) is 5.11 Å². The molecule has 1 aromatic rings. The highest BCUT2D eigenvalue weighted by Gasteiger charge is 2.24. The Morgan fingerprint density at radius 1 is 1.43 bits per heavy atom. The highest BCUT2D eigenvalue weighted by atomic mass is 32.2. The summed E-state index contributed by atoms with van der Waals surface area (Å²) in [6.07, 6.45) is 1.75. The van der Waals surface area contributed by atoms with E-state index in [0.717, 1.165) is 29.1 Å². The zero-order chi connectivity index (χ0) is 9.97. The smallest absolute Gasteiger partial charge is 0.311 e. The molecule has 3 heteroatoms. The van der Waals surface area contributed by atoms with Crippen molar-refractivity contribution in [3.63, 3.8) is 0 Å². The highest BCUT2D eigenvalue weighted by Crippen LogP contribution is 2.35. The average molecular weight is 208 g/mol. The molecular formula is C11H12O2S. The minimum absolute atomic E-state index is 0.304. The van der Waals surface area contributed by atoms with Crippen molar-refractivity contribution < 1.29 is 9.90 Å². The lowest BCUT2D eigenvalue weighted by Crippen LogP contribution is -2.11. The zero-order valence-electron chi connectivity index (χ0n) is 7.77. The van der Waals surface area contributed by atoms with E-state index in [1.807, 2.05) is 24.3 Å². The largest absolute Gasteiger partial charge is 0.481 e. The molecule has 1 atom stereocenters. The monoisotopic (exact) mass is 208 g/mol. The number of aliphatic carboxylic acids is 1. The van der Waals surface area contributed by atoms with Crippen molar-refractivity contribution in [3.8, 4) is 0 Å². The van der Waals surface area contributed by atoms with E-state index in [1.165, 1.54) is 0 Å². The van der Waals surface area contributed by atoms with Gasteiger partial charge in [0.25, 0.3) is 0 Å². The average Bonchev–Trinajstić information content (AvgIpc) is 2.39. The van der Waals surface area contributed by atoms with Crippen molar-refractivity contribution in [2.24, 2.45) is 0 Å². The second kappa shape index (κ2) is 4.05. The molecule has 0 saturated carbocycles. The third-order valence-electron chi connectivity index (χ3n) is 2.49. The summed E-state index contributed by atoms with van der Waals surface area (Å²) in [6, 6.07) is 7.84. The fraction of sp³-hybridized carbons (Fsp3) is 0.364. The van der Waals surface area contributed by atoms with E-state index < -0.39 is 5.97 Å². The standard InChI is InChI=1S/C11H12O2S/c12-11(13)9-5-3-7-14-10-6-2-1-4-8(9)10/h1-2,4,6,9H,3,5,7H2,(H,12,13). The maximum Gasteiger partial charge on any atom is 0.311 e. The van der Waals surface area contributed by atoms with Crippen LogP contribution in [-0.2, 0) is 4.79 Å². The van der Waals surface area contributed by atoms with E-state index in [9.17, 15) is 4.79 Å². The van der Waals surface area contributed by atoms with Crippen LogP contribution in [0.15, 0.2) is 29.2 Å². The Labute approximate surface area is 87.3 Å². The topological polar surface area (TPSA) is 37.3 Å². The maximum absolute atomic E-state index is 11.1. The quantitative estimate of drug-likeness (QED) is 0.771. The van der Waals surface area contributed by atoms with Crippen molar-refractivity contribution in [3.05, 3.63) is 29.8 Å². The minimum Gasteiger partial charge on any atom is -0.481 e. The van der Waals surface area contributed by atoms with Gasteiger partial charge in [-0.3, -0.25) is 4.79 Å². The van der Waals surface area contributed by atoms with Gasteiger partial charge in [-0.1, -0.05) is 18.2 Å². The van der Waals surface area contributed by atoms with E-state index in [2.05, 4.69) is 0 Å². The van der Waals surface area contributed by atoms with Crippen LogP contribution in [0.3, 0.4) is 0 Å². The molecule has 14 heavy (non-hydrogen) atoms. The second-order valence-electron chi connectivity index (χ2n) is 3.42. The van der Waals surface area contributed by atoms with Crippen LogP contribution in [-0.4, -0.2) is 16.8 Å². The van der Waals surface area contributed by atoms with Crippen LogP contribution in [0.1, 0.15) is 24.3 Å². The molecule has 0 fully saturated rings.